The van der Waals surface area contributed by atoms with Crippen LogP contribution in [0.15, 0.2) is 20.6 Å². The van der Waals surface area contributed by atoms with Crippen LogP contribution in [0.1, 0.15) is 26.7 Å². The van der Waals surface area contributed by atoms with Crippen molar-refractivity contribution in [1.82, 2.24) is 0 Å². The second-order valence-electron chi connectivity index (χ2n) is 2.00. The zero-order valence-corrected chi connectivity index (χ0v) is 7.84. The molecule has 0 nitrogen and oxygen atoms in total. The van der Waals surface area contributed by atoms with Gasteiger partial charge in [0.1, 0.15) is 0 Å². The highest BCUT2D eigenvalue weighted by molar-refractivity contribution is 6.48. The summed E-state index contributed by atoms with van der Waals surface area (Å²) in [7, 11) is 0. The quantitative estimate of drug-likeness (QED) is 0.519. The highest BCUT2D eigenvalue weighted by atomic mass is 24.5. The summed E-state index contributed by atoms with van der Waals surface area (Å²) in [6, 6.07) is 0. The van der Waals surface area contributed by atoms with Crippen molar-refractivity contribution in [3.05, 3.63) is 20.6 Å². The fourth-order valence-corrected chi connectivity index (χ4v) is 1.81. The Kier molecular flexibility index (Phi) is 8.47. The monoisotopic (exact) mass is 134 g/mol. The molecule has 0 bridgehead atoms. The molecule has 0 atom stereocenters. The van der Waals surface area contributed by atoms with E-state index in [0.29, 0.717) is 0 Å². The second kappa shape index (κ2) is 8.25. The third kappa shape index (κ3) is 8.25. The minimum Gasteiger partial charge on any atom is -0.204 e. The molecule has 0 fully saturated rings. The number of rotatable bonds is 4. The molecule has 0 saturated heterocycles. The molecule has 0 amide bonds. The molecule has 0 aromatic heterocycles. The Hall–Kier alpha value is 0.246. The molecule has 0 N–H and O–H groups in total. The van der Waals surface area contributed by atoms with Crippen molar-refractivity contribution in [2.75, 3.05) is 0 Å². The van der Waals surface area contributed by atoms with Gasteiger partial charge in [-0.3, -0.25) is 0 Å². The molecule has 48 valence electrons. The van der Waals surface area contributed by atoms with Crippen LogP contribution in [0.2, 0.25) is 0 Å². The van der Waals surface area contributed by atoms with E-state index in [4.69, 9.17) is 0 Å². The Bertz CT molecular complexity index is 80.7. The molecule has 0 saturated carbocycles. The molecular formula is C8H14Mg. The molecule has 0 aliphatic carbocycles. The Morgan fingerprint density at radius 3 is 1.78 bits per heavy atom. The van der Waals surface area contributed by atoms with Gasteiger partial charge in [0, 0.05) is 0 Å². The van der Waals surface area contributed by atoms with E-state index in [1.807, 2.05) is 0 Å². The van der Waals surface area contributed by atoms with Gasteiger partial charge in [-0.05, 0) is 12.8 Å². The zero-order chi connectivity index (χ0) is 6.95. The summed E-state index contributed by atoms with van der Waals surface area (Å²) in [5.41, 5.74) is 0. The standard InChI is InChI=1S/2C4H7.Mg/c2*1-3-4-2;/h2*1,3H,4H2,2H3;. The van der Waals surface area contributed by atoms with E-state index in [2.05, 4.69) is 34.4 Å². The predicted octanol–water partition coefficient (Wildman–Crippen LogP) is 2.54. The van der Waals surface area contributed by atoms with Crippen molar-refractivity contribution >= 4 is 20.4 Å². The number of hydrogen-bond donors (Lipinski definition) is 0. The molecule has 0 aliphatic rings. The van der Waals surface area contributed by atoms with Crippen molar-refractivity contribution in [3.8, 4) is 0 Å². The molecule has 0 spiro atoms. The van der Waals surface area contributed by atoms with Gasteiger partial charge >= 0.3 is 20.4 Å². The summed E-state index contributed by atoms with van der Waals surface area (Å²) in [5, 5.41) is 0. The molecule has 0 aromatic rings. The zero-order valence-electron chi connectivity index (χ0n) is 6.43. The van der Waals surface area contributed by atoms with Gasteiger partial charge in [0.2, 0.25) is 0 Å². The average molecular weight is 135 g/mol. The SMILES string of the molecule is CC/C=[CH]/[Mg]/[CH]=C/CC. The van der Waals surface area contributed by atoms with E-state index >= 15 is 0 Å². The number of hydrogen-bond acceptors (Lipinski definition) is 0. The number of allylic oxidation sites excluding steroid dienone is 2. The normalized spacial score (nSPS) is 10.9. The summed E-state index contributed by atoms with van der Waals surface area (Å²) in [5.74, 6) is 0. The van der Waals surface area contributed by atoms with Crippen LogP contribution in [0.4, 0.5) is 0 Å². The lowest BCUT2D eigenvalue weighted by atomic mass is 10.5. The third-order valence-corrected chi connectivity index (χ3v) is 2.29. The summed E-state index contributed by atoms with van der Waals surface area (Å²) >= 11 is 0.0282. The van der Waals surface area contributed by atoms with Crippen LogP contribution < -0.4 is 0 Å². The van der Waals surface area contributed by atoms with Crippen molar-refractivity contribution in [3.63, 3.8) is 0 Å². The largest absolute Gasteiger partial charge is 0.427 e. The molecule has 0 aromatic carbocycles. The van der Waals surface area contributed by atoms with E-state index in [9.17, 15) is 0 Å². The van der Waals surface area contributed by atoms with Crippen LogP contribution in [0.3, 0.4) is 0 Å². The van der Waals surface area contributed by atoms with Gasteiger partial charge in [-0.1, -0.05) is 13.8 Å². The summed E-state index contributed by atoms with van der Waals surface area (Å²) in [4.78, 5) is 0. The first-order valence-corrected chi connectivity index (χ1v) is 5.35. The molecule has 1 heteroatoms. The van der Waals surface area contributed by atoms with E-state index < -0.39 is 0 Å². The topological polar surface area (TPSA) is 0 Å². The van der Waals surface area contributed by atoms with Gasteiger partial charge in [-0.25, -0.2) is 8.41 Å². The maximum atomic E-state index is 2.34. The maximum absolute atomic E-state index is 2.34. The van der Waals surface area contributed by atoms with Crippen molar-refractivity contribution in [2.24, 2.45) is 0 Å². The highest BCUT2D eigenvalue weighted by Gasteiger charge is 1.76. The Labute approximate surface area is 67.8 Å². The van der Waals surface area contributed by atoms with Gasteiger partial charge in [0.25, 0.3) is 0 Å². The van der Waals surface area contributed by atoms with E-state index in [1.165, 1.54) is 12.8 Å². The van der Waals surface area contributed by atoms with Crippen LogP contribution in [0.25, 0.3) is 0 Å². The van der Waals surface area contributed by atoms with Crippen molar-refractivity contribution in [1.29, 1.82) is 0 Å². The van der Waals surface area contributed by atoms with Crippen molar-refractivity contribution in [2.45, 2.75) is 26.7 Å². The van der Waals surface area contributed by atoms with E-state index in [0.717, 1.165) is 0 Å². The Balaban J connectivity index is 3.08. The maximum Gasteiger partial charge on any atom is 0.427 e. The van der Waals surface area contributed by atoms with Crippen LogP contribution in [-0.2, 0) is 0 Å². The second-order valence-corrected chi connectivity index (χ2v) is 3.41. The summed E-state index contributed by atoms with van der Waals surface area (Å²) in [6.45, 7) is 4.35. The van der Waals surface area contributed by atoms with Crippen LogP contribution >= 0.6 is 0 Å². The third-order valence-electron chi connectivity index (χ3n) is 1.08. The fraction of sp³-hybridized carbons (Fsp3) is 0.500. The average Bonchev–Trinajstić information content (AvgIpc) is 1.89. The lowest BCUT2D eigenvalue weighted by Crippen LogP contribution is -1.74. The van der Waals surface area contributed by atoms with Gasteiger partial charge in [-0.15, -0.1) is 12.2 Å². The predicted molar refractivity (Wildman–Crippen MR) is 44.6 cm³/mol. The van der Waals surface area contributed by atoms with Gasteiger partial charge < -0.3 is 0 Å². The first-order valence-electron chi connectivity index (χ1n) is 3.71. The summed E-state index contributed by atoms with van der Waals surface area (Å²) in [6.07, 6.45) is 6.89. The van der Waals surface area contributed by atoms with Gasteiger partial charge in [0.15, 0.2) is 0 Å². The van der Waals surface area contributed by atoms with Gasteiger partial charge in [-0.2, -0.15) is 0 Å². The lowest BCUT2D eigenvalue weighted by Gasteiger charge is -1.76. The summed E-state index contributed by atoms with van der Waals surface area (Å²) < 4.78 is 4.68. The Morgan fingerprint density at radius 2 is 1.44 bits per heavy atom. The minimum atomic E-state index is 0.0282. The molecule has 0 rings (SSSR count). The molecule has 0 aliphatic heterocycles. The first kappa shape index (κ1) is 9.25. The highest BCUT2D eigenvalue weighted by Crippen LogP contribution is 1.80. The molecule has 9 heavy (non-hydrogen) atoms. The molecule has 0 unspecified atom stereocenters. The molecular weight excluding hydrogens is 120 g/mol. The Morgan fingerprint density at radius 1 is 1.00 bits per heavy atom. The molecule has 0 radical (unpaired) electrons. The first-order chi connectivity index (χ1) is 4.41. The van der Waals surface area contributed by atoms with E-state index in [-0.39, 0.29) is 20.4 Å². The lowest BCUT2D eigenvalue weighted by molar-refractivity contribution is 1.23. The van der Waals surface area contributed by atoms with Crippen molar-refractivity contribution < 1.29 is 0 Å². The van der Waals surface area contributed by atoms with Gasteiger partial charge in [0.05, 0.1) is 0 Å². The van der Waals surface area contributed by atoms with Crippen LogP contribution in [-0.4, -0.2) is 20.4 Å². The smallest absolute Gasteiger partial charge is 0.204 e. The minimum absolute atomic E-state index is 0.0282. The van der Waals surface area contributed by atoms with E-state index in [1.54, 1.807) is 0 Å². The molecule has 0 heterocycles. The van der Waals surface area contributed by atoms with Crippen LogP contribution in [0, 0.1) is 0 Å². The van der Waals surface area contributed by atoms with Crippen LogP contribution in [0.5, 0.6) is 0 Å². The fourth-order valence-electron chi connectivity index (χ4n) is 0.604.